The average molecular weight is 392 g/mol. The number of rotatable bonds is 6. The summed E-state index contributed by atoms with van der Waals surface area (Å²) in [7, 11) is 0. The molecule has 1 amide bonds. The van der Waals surface area contributed by atoms with Gasteiger partial charge in [0.2, 0.25) is 0 Å². The van der Waals surface area contributed by atoms with Gasteiger partial charge in [-0.15, -0.1) is 0 Å². The van der Waals surface area contributed by atoms with Gasteiger partial charge in [0.05, 0.1) is 10.5 Å². The number of non-ortho nitro benzene ring substituents is 1. The van der Waals surface area contributed by atoms with Crippen LogP contribution in [0.1, 0.15) is 37.0 Å². The van der Waals surface area contributed by atoms with Crippen molar-refractivity contribution in [2.45, 2.75) is 32.2 Å². The SMILES string of the molecule is CCC(C)(CCO)NC(=O)c1cc([N+](=O)[O-])ccc1I. The summed E-state index contributed by atoms with van der Waals surface area (Å²) in [5.74, 6) is -0.365. The Morgan fingerprint density at radius 2 is 2.20 bits per heavy atom. The van der Waals surface area contributed by atoms with Crippen LogP contribution in [-0.2, 0) is 0 Å². The molecule has 1 rings (SSSR count). The zero-order chi connectivity index (χ0) is 15.3. The van der Waals surface area contributed by atoms with Crippen molar-refractivity contribution in [2.24, 2.45) is 0 Å². The lowest BCUT2D eigenvalue weighted by Gasteiger charge is -2.29. The standard InChI is InChI=1S/C13H17IN2O4/c1-3-13(2,6-7-17)15-12(18)10-8-9(16(19)20)4-5-11(10)14/h4-5,8,17H,3,6-7H2,1-2H3,(H,15,18). The van der Waals surface area contributed by atoms with Crippen molar-refractivity contribution in [3.05, 3.63) is 37.4 Å². The highest BCUT2D eigenvalue weighted by atomic mass is 127. The molecule has 2 N–H and O–H groups in total. The maximum atomic E-state index is 12.3. The largest absolute Gasteiger partial charge is 0.396 e. The Hall–Kier alpha value is -1.22. The van der Waals surface area contributed by atoms with Gasteiger partial charge in [-0.05, 0) is 48.4 Å². The molecule has 1 atom stereocenters. The van der Waals surface area contributed by atoms with Crippen LogP contribution in [0.2, 0.25) is 0 Å². The number of carbonyl (C=O) groups excluding carboxylic acids is 1. The molecule has 0 saturated carbocycles. The van der Waals surface area contributed by atoms with E-state index in [0.717, 1.165) is 0 Å². The maximum Gasteiger partial charge on any atom is 0.270 e. The molecule has 0 radical (unpaired) electrons. The number of amides is 1. The van der Waals surface area contributed by atoms with E-state index in [-0.39, 0.29) is 23.8 Å². The fourth-order valence-electron chi connectivity index (χ4n) is 1.72. The fraction of sp³-hybridized carbons (Fsp3) is 0.462. The molecule has 0 saturated heterocycles. The number of carbonyl (C=O) groups is 1. The van der Waals surface area contributed by atoms with Gasteiger partial charge in [-0.25, -0.2) is 0 Å². The van der Waals surface area contributed by atoms with Crippen molar-refractivity contribution in [1.29, 1.82) is 0 Å². The van der Waals surface area contributed by atoms with E-state index in [1.54, 1.807) is 6.07 Å². The fourth-order valence-corrected chi connectivity index (χ4v) is 2.30. The van der Waals surface area contributed by atoms with E-state index in [1.807, 2.05) is 36.4 Å². The predicted molar refractivity (Wildman–Crippen MR) is 83.7 cm³/mol. The Morgan fingerprint density at radius 1 is 1.55 bits per heavy atom. The summed E-state index contributed by atoms with van der Waals surface area (Å²) in [6.45, 7) is 3.72. The third kappa shape index (κ3) is 4.14. The molecule has 0 fully saturated rings. The topological polar surface area (TPSA) is 92.5 Å². The summed E-state index contributed by atoms with van der Waals surface area (Å²) in [6.07, 6.45) is 1.09. The third-order valence-electron chi connectivity index (χ3n) is 3.26. The minimum Gasteiger partial charge on any atom is -0.396 e. The molecule has 7 heteroatoms. The summed E-state index contributed by atoms with van der Waals surface area (Å²) < 4.78 is 0.646. The normalized spacial score (nSPS) is 13.6. The van der Waals surface area contributed by atoms with Gasteiger partial charge in [0, 0.05) is 27.8 Å². The molecule has 0 aromatic heterocycles. The van der Waals surface area contributed by atoms with Gasteiger partial charge in [0.1, 0.15) is 0 Å². The molecule has 0 aliphatic carbocycles. The number of halogens is 1. The first kappa shape index (κ1) is 16.8. The highest BCUT2D eigenvalue weighted by Gasteiger charge is 2.26. The second kappa shape index (κ2) is 6.98. The maximum absolute atomic E-state index is 12.3. The van der Waals surface area contributed by atoms with E-state index < -0.39 is 10.5 Å². The molecule has 0 aliphatic heterocycles. The van der Waals surface area contributed by atoms with E-state index in [4.69, 9.17) is 5.11 Å². The molecule has 20 heavy (non-hydrogen) atoms. The minimum absolute atomic E-state index is 0.0311. The molecule has 6 nitrogen and oxygen atoms in total. The van der Waals surface area contributed by atoms with Crippen molar-refractivity contribution in [1.82, 2.24) is 5.32 Å². The smallest absolute Gasteiger partial charge is 0.270 e. The molecule has 1 aromatic carbocycles. The number of nitro groups is 1. The van der Waals surface area contributed by atoms with Crippen molar-refractivity contribution in [3.8, 4) is 0 Å². The number of benzene rings is 1. The van der Waals surface area contributed by atoms with Crippen LogP contribution in [0.15, 0.2) is 18.2 Å². The van der Waals surface area contributed by atoms with Gasteiger partial charge in [0.15, 0.2) is 0 Å². The van der Waals surface area contributed by atoms with Crippen LogP contribution in [0.25, 0.3) is 0 Å². The number of hydrogen-bond donors (Lipinski definition) is 2. The molecule has 1 unspecified atom stereocenters. The first-order valence-electron chi connectivity index (χ1n) is 6.20. The summed E-state index contributed by atoms with van der Waals surface area (Å²) in [4.78, 5) is 22.5. The number of hydrogen-bond acceptors (Lipinski definition) is 4. The van der Waals surface area contributed by atoms with Crippen LogP contribution in [0, 0.1) is 13.7 Å². The number of aliphatic hydroxyl groups excluding tert-OH is 1. The number of aliphatic hydroxyl groups is 1. The molecule has 0 aliphatic rings. The quantitative estimate of drug-likeness (QED) is 0.442. The lowest BCUT2D eigenvalue weighted by atomic mass is 9.94. The summed E-state index contributed by atoms with van der Waals surface area (Å²) in [6, 6.07) is 4.18. The molecule has 0 bridgehead atoms. The molecule has 0 spiro atoms. The van der Waals surface area contributed by atoms with E-state index in [1.165, 1.54) is 12.1 Å². The van der Waals surface area contributed by atoms with Gasteiger partial charge in [-0.1, -0.05) is 6.92 Å². The van der Waals surface area contributed by atoms with Crippen LogP contribution < -0.4 is 5.32 Å². The Kier molecular flexibility index (Phi) is 5.88. The van der Waals surface area contributed by atoms with Crippen molar-refractivity contribution in [2.75, 3.05) is 6.61 Å². The van der Waals surface area contributed by atoms with Gasteiger partial charge in [-0.3, -0.25) is 14.9 Å². The molecular formula is C13H17IN2O4. The second-order valence-electron chi connectivity index (χ2n) is 4.76. The van der Waals surface area contributed by atoms with Crippen LogP contribution in [0.4, 0.5) is 5.69 Å². The van der Waals surface area contributed by atoms with Crippen LogP contribution >= 0.6 is 22.6 Å². The van der Waals surface area contributed by atoms with Gasteiger partial charge >= 0.3 is 0 Å². The van der Waals surface area contributed by atoms with Crippen molar-refractivity contribution in [3.63, 3.8) is 0 Å². The van der Waals surface area contributed by atoms with Crippen LogP contribution in [0.5, 0.6) is 0 Å². The number of nitro benzene ring substituents is 1. The monoisotopic (exact) mass is 392 g/mol. The summed E-state index contributed by atoms with van der Waals surface area (Å²) in [5, 5.41) is 22.7. The molecular weight excluding hydrogens is 375 g/mol. The molecule has 0 heterocycles. The predicted octanol–water partition coefficient (Wildman–Crippen LogP) is 2.48. The second-order valence-corrected chi connectivity index (χ2v) is 5.93. The van der Waals surface area contributed by atoms with Gasteiger partial charge < -0.3 is 10.4 Å². The highest BCUT2D eigenvalue weighted by Crippen LogP contribution is 2.21. The zero-order valence-electron chi connectivity index (χ0n) is 11.4. The lowest BCUT2D eigenvalue weighted by Crippen LogP contribution is -2.46. The van der Waals surface area contributed by atoms with E-state index in [2.05, 4.69) is 5.32 Å². The van der Waals surface area contributed by atoms with E-state index in [0.29, 0.717) is 16.4 Å². The van der Waals surface area contributed by atoms with Crippen LogP contribution in [-0.4, -0.2) is 28.1 Å². The third-order valence-corrected chi connectivity index (χ3v) is 4.21. The number of nitrogens with one attached hydrogen (secondary N) is 1. The molecule has 1 aromatic rings. The number of nitrogens with zero attached hydrogens (tertiary/aromatic N) is 1. The van der Waals surface area contributed by atoms with E-state index >= 15 is 0 Å². The minimum atomic E-state index is -0.528. The van der Waals surface area contributed by atoms with Gasteiger partial charge in [-0.2, -0.15) is 0 Å². The Labute approximate surface area is 130 Å². The Balaban J connectivity index is 3.02. The molecule has 110 valence electrons. The zero-order valence-corrected chi connectivity index (χ0v) is 13.5. The first-order valence-corrected chi connectivity index (χ1v) is 7.28. The van der Waals surface area contributed by atoms with E-state index in [9.17, 15) is 14.9 Å². The first-order chi connectivity index (χ1) is 9.33. The van der Waals surface area contributed by atoms with Crippen LogP contribution in [0.3, 0.4) is 0 Å². The summed E-state index contributed by atoms with van der Waals surface area (Å²) in [5.41, 5.74) is -0.368. The lowest BCUT2D eigenvalue weighted by molar-refractivity contribution is -0.384. The highest BCUT2D eigenvalue weighted by molar-refractivity contribution is 14.1. The Morgan fingerprint density at radius 3 is 2.70 bits per heavy atom. The van der Waals surface area contributed by atoms with Crippen molar-refractivity contribution >= 4 is 34.2 Å². The summed E-state index contributed by atoms with van der Waals surface area (Å²) >= 11 is 1.97. The van der Waals surface area contributed by atoms with Gasteiger partial charge in [0.25, 0.3) is 11.6 Å². The Bertz CT molecular complexity index is 521. The van der Waals surface area contributed by atoms with Crippen molar-refractivity contribution < 1.29 is 14.8 Å². The average Bonchev–Trinajstić information content (AvgIpc) is 2.39.